The van der Waals surface area contributed by atoms with Crippen molar-refractivity contribution in [2.24, 2.45) is 0 Å². The van der Waals surface area contributed by atoms with Crippen LogP contribution in [0.4, 0.5) is 4.39 Å². The van der Waals surface area contributed by atoms with E-state index in [0.29, 0.717) is 25.0 Å². The van der Waals surface area contributed by atoms with E-state index in [0.717, 1.165) is 35.0 Å². The summed E-state index contributed by atoms with van der Waals surface area (Å²) in [5.41, 5.74) is 2.26. The predicted octanol–water partition coefficient (Wildman–Crippen LogP) is 3.70. The highest BCUT2D eigenvalue weighted by molar-refractivity contribution is 7.18. The Hall–Kier alpha value is -2.05. The van der Waals surface area contributed by atoms with E-state index < -0.39 is 0 Å². The van der Waals surface area contributed by atoms with Crippen molar-refractivity contribution in [3.63, 3.8) is 0 Å². The van der Waals surface area contributed by atoms with Crippen molar-refractivity contribution in [3.8, 4) is 0 Å². The molecule has 1 aliphatic carbocycles. The molecule has 2 heterocycles. The SMILES string of the molecule is CC(C)N[C@H]1CCc2c(sc3ncn(CCc4ccc(F)cc4)c(=O)c23)C1. The molecule has 0 radical (unpaired) electrons. The Kier molecular flexibility index (Phi) is 5.10. The normalized spacial score (nSPS) is 16.8. The van der Waals surface area contributed by atoms with Crippen molar-refractivity contribution in [2.75, 3.05) is 0 Å². The molecule has 1 atom stereocenters. The zero-order valence-corrected chi connectivity index (χ0v) is 16.5. The molecule has 3 aromatic rings. The third-order valence-corrected chi connectivity index (χ3v) is 6.32. The fourth-order valence-electron chi connectivity index (χ4n) is 3.87. The highest BCUT2D eigenvalue weighted by Crippen LogP contribution is 2.33. The van der Waals surface area contributed by atoms with E-state index in [4.69, 9.17) is 0 Å². The molecule has 4 rings (SSSR count). The zero-order chi connectivity index (χ0) is 19.0. The number of hydrogen-bond donors (Lipinski definition) is 1. The standard InChI is InChI=1S/C21H24FN3OS/c1-13(2)24-16-7-8-17-18(11-16)27-20-19(17)21(26)25(12-23-20)10-9-14-3-5-15(22)6-4-14/h3-6,12-13,16,24H,7-11H2,1-2H3/t16-/m0/s1. The van der Waals surface area contributed by atoms with Crippen LogP contribution in [0.25, 0.3) is 10.2 Å². The third kappa shape index (κ3) is 3.82. The van der Waals surface area contributed by atoms with Gasteiger partial charge in [0.05, 0.1) is 11.7 Å². The molecule has 0 aliphatic heterocycles. The average Bonchev–Trinajstić information content (AvgIpc) is 3.00. The van der Waals surface area contributed by atoms with E-state index in [1.54, 1.807) is 34.4 Å². The summed E-state index contributed by atoms with van der Waals surface area (Å²) in [6.45, 7) is 4.89. The maximum Gasteiger partial charge on any atom is 0.262 e. The van der Waals surface area contributed by atoms with E-state index in [1.165, 1.54) is 22.6 Å². The number of aromatic nitrogens is 2. The lowest BCUT2D eigenvalue weighted by Crippen LogP contribution is -2.38. The maximum atomic E-state index is 13.1. The van der Waals surface area contributed by atoms with Crippen LogP contribution in [-0.2, 0) is 25.8 Å². The van der Waals surface area contributed by atoms with Crippen molar-refractivity contribution in [3.05, 3.63) is 62.8 Å². The molecule has 0 fully saturated rings. The highest BCUT2D eigenvalue weighted by Gasteiger charge is 2.25. The van der Waals surface area contributed by atoms with E-state index in [1.807, 2.05) is 0 Å². The van der Waals surface area contributed by atoms with Crippen molar-refractivity contribution in [2.45, 2.75) is 58.2 Å². The second-order valence-corrected chi connectivity index (χ2v) is 8.65. The number of hydrogen-bond acceptors (Lipinski definition) is 4. The van der Waals surface area contributed by atoms with Crippen LogP contribution < -0.4 is 10.9 Å². The molecule has 1 aromatic carbocycles. The van der Waals surface area contributed by atoms with Gasteiger partial charge in [-0.05, 0) is 48.9 Å². The molecule has 4 nitrogen and oxygen atoms in total. The van der Waals surface area contributed by atoms with Gasteiger partial charge in [-0.15, -0.1) is 11.3 Å². The van der Waals surface area contributed by atoms with Crippen LogP contribution in [0.5, 0.6) is 0 Å². The monoisotopic (exact) mass is 385 g/mol. The fourth-order valence-corrected chi connectivity index (χ4v) is 5.13. The van der Waals surface area contributed by atoms with Gasteiger partial charge in [0.15, 0.2) is 0 Å². The number of thiophene rings is 1. The number of nitrogens with zero attached hydrogens (tertiary/aromatic N) is 2. The van der Waals surface area contributed by atoms with Crippen LogP contribution in [0.2, 0.25) is 0 Å². The van der Waals surface area contributed by atoms with E-state index >= 15 is 0 Å². The smallest absolute Gasteiger partial charge is 0.262 e. The third-order valence-electron chi connectivity index (χ3n) is 5.16. The predicted molar refractivity (Wildman–Crippen MR) is 108 cm³/mol. The van der Waals surface area contributed by atoms with Crippen molar-refractivity contribution >= 4 is 21.6 Å². The summed E-state index contributed by atoms with van der Waals surface area (Å²) in [5, 5.41) is 4.42. The number of aryl methyl sites for hydroxylation is 3. The summed E-state index contributed by atoms with van der Waals surface area (Å²) in [6.07, 6.45) is 5.29. The maximum absolute atomic E-state index is 13.1. The molecule has 0 amide bonds. The second-order valence-electron chi connectivity index (χ2n) is 7.56. The lowest BCUT2D eigenvalue weighted by Gasteiger charge is -2.25. The Morgan fingerprint density at radius 2 is 2.11 bits per heavy atom. The minimum atomic E-state index is -0.242. The molecule has 1 N–H and O–H groups in total. The van der Waals surface area contributed by atoms with Gasteiger partial charge in [-0.2, -0.15) is 0 Å². The van der Waals surface area contributed by atoms with Gasteiger partial charge >= 0.3 is 0 Å². The highest BCUT2D eigenvalue weighted by atomic mass is 32.1. The van der Waals surface area contributed by atoms with Gasteiger partial charge in [0.2, 0.25) is 0 Å². The summed E-state index contributed by atoms with van der Waals surface area (Å²) < 4.78 is 14.7. The topological polar surface area (TPSA) is 46.9 Å². The average molecular weight is 386 g/mol. The van der Waals surface area contributed by atoms with Gasteiger partial charge in [0.1, 0.15) is 10.6 Å². The zero-order valence-electron chi connectivity index (χ0n) is 15.7. The van der Waals surface area contributed by atoms with Gasteiger partial charge in [-0.25, -0.2) is 9.37 Å². The van der Waals surface area contributed by atoms with Crippen molar-refractivity contribution < 1.29 is 4.39 Å². The van der Waals surface area contributed by atoms with Crippen LogP contribution in [0.1, 0.15) is 36.3 Å². The molecule has 0 saturated carbocycles. The molecule has 0 unspecified atom stereocenters. The Morgan fingerprint density at radius 1 is 1.33 bits per heavy atom. The molecule has 1 aliphatic rings. The molecular weight excluding hydrogens is 361 g/mol. The van der Waals surface area contributed by atoms with E-state index in [9.17, 15) is 9.18 Å². The molecule has 6 heteroatoms. The molecule has 0 saturated heterocycles. The van der Waals surface area contributed by atoms with E-state index in [2.05, 4.69) is 24.1 Å². The quantitative estimate of drug-likeness (QED) is 0.729. The molecule has 27 heavy (non-hydrogen) atoms. The first-order valence-corrected chi connectivity index (χ1v) is 10.3. The minimum Gasteiger partial charge on any atom is -0.311 e. The lowest BCUT2D eigenvalue weighted by atomic mass is 9.92. The second kappa shape index (κ2) is 7.52. The van der Waals surface area contributed by atoms with Crippen LogP contribution in [0.3, 0.4) is 0 Å². The molecule has 0 spiro atoms. The molecular formula is C21H24FN3OS. The number of rotatable bonds is 5. The van der Waals surface area contributed by atoms with E-state index in [-0.39, 0.29) is 11.4 Å². The number of benzene rings is 1. The van der Waals surface area contributed by atoms with Gasteiger partial charge in [-0.1, -0.05) is 26.0 Å². The first-order valence-electron chi connectivity index (χ1n) is 9.51. The van der Waals surface area contributed by atoms with Gasteiger partial charge in [0.25, 0.3) is 5.56 Å². The Labute approximate surface area is 162 Å². The van der Waals surface area contributed by atoms with Crippen LogP contribution >= 0.6 is 11.3 Å². The molecule has 2 aromatic heterocycles. The summed E-state index contributed by atoms with van der Waals surface area (Å²) in [4.78, 5) is 19.8. The first kappa shape index (κ1) is 18.3. The Balaban J connectivity index is 1.59. The molecule has 0 bridgehead atoms. The fraction of sp³-hybridized carbons (Fsp3) is 0.429. The summed E-state index contributed by atoms with van der Waals surface area (Å²) in [5.74, 6) is -0.242. The van der Waals surface area contributed by atoms with Crippen LogP contribution in [0, 0.1) is 5.82 Å². The number of fused-ring (bicyclic) bond motifs is 3. The van der Waals surface area contributed by atoms with Crippen LogP contribution in [0.15, 0.2) is 35.4 Å². The number of nitrogens with one attached hydrogen (secondary N) is 1. The minimum absolute atomic E-state index is 0.0508. The molecule has 142 valence electrons. The van der Waals surface area contributed by atoms with Crippen molar-refractivity contribution in [1.82, 2.24) is 14.9 Å². The van der Waals surface area contributed by atoms with Gasteiger partial charge in [0, 0.05) is 23.5 Å². The lowest BCUT2D eigenvalue weighted by molar-refractivity contribution is 0.425. The van der Waals surface area contributed by atoms with Crippen LogP contribution in [-0.4, -0.2) is 21.6 Å². The Morgan fingerprint density at radius 3 is 2.85 bits per heavy atom. The van der Waals surface area contributed by atoms with Crippen molar-refractivity contribution in [1.29, 1.82) is 0 Å². The van der Waals surface area contributed by atoms with Gasteiger partial charge in [-0.3, -0.25) is 9.36 Å². The number of halogens is 1. The van der Waals surface area contributed by atoms with Gasteiger partial charge < -0.3 is 5.32 Å². The largest absolute Gasteiger partial charge is 0.311 e. The Bertz CT molecular complexity index is 1010. The summed E-state index contributed by atoms with van der Waals surface area (Å²) in [6, 6.07) is 7.38. The summed E-state index contributed by atoms with van der Waals surface area (Å²) >= 11 is 1.66. The summed E-state index contributed by atoms with van der Waals surface area (Å²) in [7, 11) is 0. The first-order chi connectivity index (χ1) is 13.0.